The molecule has 0 radical (unpaired) electrons. The largest absolute Gasteiger partial charge is 0.444 e. The molecule has 1 heterocycles. The second kappa shape index (κ2) is 6.78. The van der Waals surface area contributed by atoms with Crippen molar-refractivity contribution in [2.45, 2.75) is 37.5 Å². The predicted octanol–water partition coefficient (Wildman–Crippen LogP) is 3.90. The van der Waals surface area contributed by atoms with Crippen LogP contribution in [0.5, 0.6) is 0 Å². The number of nitrogens with zero attached hydrogens (tertiary/aromatic N) is 1. The van der Waals surface area contributed by atoms with Crippen LogP contribution in [0.4, 0.5) is 13.2 Å². The minimum absolute atomic E-state index is 0.239. The van der Waals surface area contributed by atoms with Gasteiger partial charge < -0.3 is 9.84 Å². The van der Waals surface area contributed by atoms with Gasteiger partial charge in [0.15, 0.2) is 0 Å². The van der Waals surface area contributed by atoms with Crippen molar-refractivity contribution in [3.8, 4) is 0 Å². The molecule has 0 aromatic heterocycles. The summed E-state index contributed by atoms with van der Waals surface area (Å²) < 4.78 is 45.2. The average molecular weight is 351 g/mol. The topological polar surface area (TPSA) is 32.7 Å². The number of aliphatic hydroxyl groups is 1. The minimum Gasteiger partial charge on any atom is -0.357 e. The van der Waals surface area contributed by atoms with Crippen LogP contribution in [0.3, 0.4) is 0 Å². The molecule has 1 N–H and O–H groups in total. The third kappa shape index (κ3) is 3.42. The lowest BCUT2D eigenvalue weighted by Gasteiger charge is -2.49. The summed E-state index contributed by atoms with van der Waals surface area (Å²) in [4.78, 5) is 1.65. The van der Waals surface area contributed by atoms with Gasteiger partial charge in [0.1, 0.15) is 0 Å². The van der Waals surface area contributed by atoms with Crippen LogP contribution in [0.15, 0.2) is 60.7 Å². The lowest BCUT2D eigenvalue weighted by atomic mass is 9.96. The van der Waals surface area contributed by atoms with Gasteiger partial charge in [0.25, 0.3) is 5.79 Å². The fourth-order valence-corrected chi connectivity index (χ4v) is 3.24. The summed E-state index contributed by atoms with van der Waals surface area (Å²) in [5.41, 5.74) is 1.73. The molecule has 25 heavy (non-hydrogen) atoms. The van der Waals surface area contributed by atoms with Gasteiger partial charge >= 0.3 is 6.18 Å². The SMILES string of the molecule is C[C@@H]1N(Cc2ccccc2)[C@H](c2ccccc2)CO[C@@]1(O)C(F)(F)F. The molecule has 0 bridgehead atoms. The molecule has 1 fully saturated rings. The molecule has 0 unspecified atom stereocenters. The quantitative estimate of drug-likeness (QED) is 0.910. The van der Waals surface area contributed by atoms with E-state index in [1.807, 2.05) is 60.7 Å². The normalized spacial score (nSPS) is 28.0. The highest BCUT2D eigenvalue weighted by Crippen LogP contribution is 2.43. The number of benzene rings is 2. The van der Waals surface area contributed by atoms with Gasteiger partial charge in [-0.25, -0.2) is 0 Å². The van der Waals surface area contributed by atoms with Crippen LogP contribution in [0.2, 0.25) is 0 Å². The number of ether oxygens (including phenoxy) is 1. The Labute approximate surface area is 144 Å². The highest BCUT2D eigenvalue weighted by molar-refractivity contribution is 5.22. The number of morpholine rings is 1. The molecule has 3 nitrogen and oxygen atoms in total. The van der Waals surface area contributed by atoms with E-state index in [-0.39, 0.29) is 19.2 Å². The molecule has 1 aliphatic rings. The van der Waals surface area contributed by atoms with E-state index in [9.17, 15) is 18.3 Å². The zero-order valence-corrected chi connectivity index (χ0v) is 13.8. The van der Waals surface area contributed by atoms with E-state index >= 15 is 0 Å². The van der Waals surface area contributed by atoms with E-state index in [1.54, 1.807) is 4.90 Å². The predicted molar refractivity (Wildman–Crippen MR) is 87.6 cm³/mol. The van der Waals surface area contributed by atoms with Crippen LogP contribution in [-0.2, 0) is 11.3 Å². The molecule has 2 aromatic rings. The Morgan fingerprint density at radius 3 is 2.20 bits per heavy atom. The first kappa shape index (κ1) is 17.9. The van der Waals surface area contributed by atoms with Crippen LogP contribution in [-0.4, -0.2) is 34.6 Å². The van der Waals surface area contributed by atoms with Gasteiger partial charge in [0.2, 0.25) is 0 Å². The van der Waals surface area contributed by atoms with Crippen LogP contribution in [0, 0.1) is 0 Å². The number of hydrogen-bond acceptors (Lipinski definition) is 3. The fraction of sp³-hybridized carbons (Fsp3) is 0.368. The Balaban J connectivity index is 1.97. The Hall–Kier alpha value is -1.89. The number of halogens is 3. The van der Waals surface area contributed by atoms with Crippen molar-refractivity contribution in [3.63, 3.8) is 0 Å². The fourth-order valence-electron chi connectivity index (χ4n) is 3.24. The van der Waals surface area contributed by atoms with Gasteiger partial charge in [-0.2, -0.15) is 13.2 Å². The standard InChI is InChI=1S/C19H20F3NO2/c1-14-18(24,19(20,21)22)25-13-17(16-10-6-3-7-11-16)23(14)12-15-8-4-2-5-9-15/h2-11,14,17,24H,12-13H2,1H3/t14-,17-,18+/m0/s1. The van der Waals surface area contributed by atoms with Crippen molar-refractivity contribution in [1.29, 1.82) is 0 Å². The van der Waals surface area contributed by atoms with E-state index in [1.165, 1.54) is 6.92 Å². The van der Waals surface area contributed by atoms with E-state index in [0.717, 1.165) is 11.1 Å². The van der Waals surface area contributed by atoms with Crippen LogP contribution in [0.25, 0.3) is 0 Å². The highest BCUT2D eigenvalue weighted by Gasteiger charge is 2.63. The van der Waals surface area contributed by atoms with Gasteiger partial charge in [-0.05, 0) is 18.1 Å². The van der Waals surface area contributed by atoms with Crippen molar-refractivity contribution in [2.24, 2.45) is 0 Å². The monoisotopic (exact) mass is 351 g/mol. The third-order valence-corrected chi connectivity index (χ3v) is 4.72. The highest BCUT2D eigenvalue weighted by atomic mass is 19.4. The van der Waals surface area contributed by atoms with E-state index < -0.39 is 18.0 Å². The van der Waals surface area contributed by atoms with Crippen molar-refractivity contribution < 1.29 is 23.0 Å². The van der Waals surface area contributed by atoms with E-state index in [4.69, 9.17) is 4.74 Å². The van der Waals surface area contributed by atoms with Crippen molar-refractivity contribution in [3.05, 3.63) is 71.8 Å². The van der Waals surface area contributed by atoms with Crippen molar-refractivity contribution >= 4 is 0 Å². The molecule has 0 aliphatic carbocycles. The summed E-state index contributed by atoms with van der Waals surface area (Å²) in [6.07, 6.45) is -4.87. The van der Waals surface area contributed by atoms with Crippen LogP contribution >= 0.6 is 0 Å². The maximum Gasteiger partial charge on any atom is 0.444 e. The minimum atomic E-state index is -4.87. The van der Waals surface area contributed by atoms with E-state index in [0.29, 0.717) is 0 Å². The maximum atomic E-state index is 13.4. The zero-order chi connectivity index (χ0) is 18.1. The molecule has 2 aromatic carbocycles. The second-order valence-electron chi connectivity index (χ2n) is 6.27. The first-order valence-electron chi connectivity index (χ1n) is 8.10. The molecule has 0 amide bonds. The Bertz CT molecular complexity index is 693. The molecule has 0 saturated carbocycles. The maximum absolute atomic E-state index is 13.4. The lowest BCUT2D eigenvalue weighted by Crippen LogP contribution is -2.65. The Morgan fingerprint density at radius 1 is 1.08 bits per heavy atom. The summed E-state index contributed by atoms with van der Waals surface area (Å²) in [6.45, 7) is 1.39. The van der Waals surface area contributed by atoms with Crippen LogP contribution < -0.4 is 0 Å². The van der Waals surface area contributed by atoms with Gasteiger partial charge in [0.05, 0.1) is 18.7 Å². The van der Waals surface area contributed by atoms with Gasteiger partial charge in [-0.1, -0.05) is 60.7 Å². The molecular weight excluding hydrogens is 331 g/mol. The van der Waals surface area contributed by atoms with Crippen molar-refractivity contribution in [2.75, 3.05) is 6.61 Å². The Kier molecular flexibility index (Phi) is 4.86. The summed E-state index contributed by atoms with van der Waals surface area (Å²) in [5, 5.41) is 10.2. The first-order chi connectivity index (χ1) is 11.8. The molecule has 1 aliphatic heterocycles. The molecule has 3 rings (SSSR count). The lowest BCUT2D eigenvalue weighted by molar-refractivity contribution is -0.403. The third-order valence-electron chi connectivity index (χ3n) is 4.72. The molecule has 3 atom stereocenters. The molecule has 134 valence electrons. The summed E-state index contributed by atoms with van der Waals surface area (Å²) in [7, 11) is 0. The van der Waals surface area contributed by atoms with Gasteiger partial charge in [-0.3, -0.25) is 4.90 Å². The summed E-state index contributed by atoms with van der Waals surface area (Å²) >= 11 is 0. The number of hydrogen-bond donors (Lipinski definition) is 1. The smallest absolute Gasteiger partial charge is 0.357 e. The van der Waals surface area contributed by atoms with Crippen LogP contribution in [0.1, 0.15) is 24.1 Å². The first-order valence-corrected chi connectivity index (χ1v) is 8.10. The molecule has 6 heteroatoms. The molecular formula is C19H20F3NO2. The number of rotatable bonds is 3. The zero-order valence-electron chi connectivity index (χ0n) is 13.8. The molecule has 1 saturated heterocycles. The average Bonchev–Trinajstić information content (AvgIpc) is 2.60. The van der Waals surface area contributed by atoms with Gasteiger partial charge in [0, 0.05) is 6.54 Å². The second-order valence-corrected chi connectivity index (χ2v) is 6.27. The Morgan fingerprint density at radius 2 is 1.64 bits per heavy atom. The summed E-state index contributed by atoms with van der Waals surface area (Å²) in [6, 6.07) is 16.9. The van der Waals surface area contributed by atoms with Gasteiger partial charge in [-0.15, -0.1) is 0 Å². The number of alkyl halides is 3. The van der Waals surface area contributed by atoms with Crippen molar-refractivity contribution in [1.82, 2.24) is 4.90 Å². The molecule has 0 spiro atoms. The van der Waals surface area contributed by atoms with E-state index in [2.05, 4.69) is 0 Å². The summed E-state index contributed by atoms with van der Waals surface area (Å²) in [5.74, 6) is -3.19.